The number of nitrogens with zero attached hydrogens (tertiary/aromatic N) is 1. The Bertz CT molecular complexity index is 561. The summed E-state index contributed by atoms with van der Waals surface area (Å²) in [6.45, 7) is 3.62. The van der Waals surface area contributed by atoms with Gasteiger partial charge in [-0.1, -0.05) is 60.7 Å². The molecule has 1 fully saturated rings. The molecule has 2 nitrogen and oxygen atoms in total. The average Bonchev–Trinajstić information content (AvgIpc) is 2.47. The van der Waals surface area contributed by atoms with Gasteiger partial charge in [-0.25, -0.2) is 0 Å². The Morgan fingerprint density at radius 2 is 1.36 bits per heavy atom. The van der Waals surface area contributed by atoms with Gasteiger partial charge < -0.3 is 0 Å². The van der Waals surface area contributed by atoms with E-state index in [0.717, 1.165) is 25.9 Å². The van der Waals surface area contributed by atoms with E-state index in [4.69, 9.17) is 0 Å². The molecule has 22 heavy (non-hydrogen) atoms. The molecular formula is C20H23NO. The zero-order chi connectivity index (χ0) is 15.4. The van der Waals surface area contributed by atoms with E-state index in [1.54, 1.807) is 6.92 Å². The van der Waals surface area contributed by atoms with Crippen molar-refractivity contribution in [3.05, 3.63) is 71.8 Å². The quantitative estimate of drug-likeness (QED) is 0.800. The molecule has 2 heteroatoms. The number of hydrogen-bond acceptors (Lipinski definition) is 2. The predicted molar refractivity (Wildman–Crippen MR) is 89.3 cm³/mol. The molecule has 0 saturated heterocycles. The van der Waals surface area contributed by atoms with Crippen LogP contribution in [0.25, 0.3) is 0 Å². The maximum absolute atomic E-state index is 11.5. The first kappa shape index (κ1) is 15.0. The van der Waals surface area contributed by atoms with Crippen LogP contribution in [-0.2, 0) is 17.9 Å². The monoisotopic (exact) mass is 293 g/mol. The highest BCUT2D eigenvalue weighted by molar-refractivity contribution is 5.79. The second-order valence-corrected chi connectivity index (χ2v) is 6.31. The lowest BCUT2D eigenvalue weighted by Gasteiger charge is -2.42. The van der Waals surface area contributed by atoms with Crippen molar-refractivity contribution in [1.29, 1.82) is 0 Å². The van der Waals surface area contributed by atoms with Crippen LogP contribution in [0.5, 0.6) is 0 Å². The Kier molecular flexibility index (Phi) is 4.69. The lowest BCUT2D eigenvalue weighted by Crippen LogP contribution is -2.45. The highest BCUT2D eigenvalue weighted by Gasteiger charge is 2.36. The van der Waals surface area contributed by atoms with Gasteiger partial charge in [-0.3, -0.25) is 9.69 Å². The van der Waals surface area contributed by atoms with Gasteiger partial charge in [0.2, 0.25) is 0 Å². The number of rotatable bonds is 6. The van der Waals surface area contributed by atoms with Gasteiger partial charge in [0, 0.05) is 25.0 Å². The standard InChI is InChI=1S/C20H23NO/c1-16(22)19-12-20(13-19)21(14-17-8-4-2-5-9-17)15-18-10-6-3-7-11-18/h2-11,19-20H,12-15H2,1H3. The van der Waals surface area contributed by atoms with Crippen molar-refractivity contribution in [2.75, 3.05) is 0 Å². The van der Waals surface area contributed by atoms with E-state index in [9.17, 15) is 4.79 Å². The molecule has 2 aromatic rings. The topological polar surface area (TPSA) is 20.3 Å². The first-order chi connectivity index (χ1) is 10.7. The van der Waals surface area contributed by atoms with Crippen LogP contribution in [0.15, 0.2) is 60.7 Å². The fraction of sp³-hybridized carbons (Fsp3) is 0.350. The molecule has 0 heterocycles. The molecule has 1 aliphatic carbocycles. The van der Waals surface area contributed by atoms with Crippen molar-refractivity contribution >= 4 is 5.78 Å². The Morgan fingerprint density at radius 1 is 0.909 bits per heavy atom. The van der Waals surface area contributed by atoms with Crippen LogP contribution < -0.4 is 0 Å². The van der Waals surface area contributed by atoms with Crippen LogP contribution in [0.1, 0.15) is 30.9 Å². The van der Waals surface area contributed by atoms with E-state index in [-0.39, 0.29) is 5.92 Å². The van der Waals surface area contributed by atoms with E-state index >= 15 is 0 Å². The molecule has 0 radical (unpaired) electrons. The van der Waals surface area contributed by atoms with Gasteiger partial charge in [0.25, 0.3) is 0 Å². The summed E-state index contributed by atoms with van der Waals surface area (Å²) in [5.41, 5.74) is 2.68. The number of carbonyl (C=O) groups excluding carboxylic acids is 1. The molecule has 1 saturated carbocycles. The molecule has 0 bridgehead atoms. The molecule has 0 N–H and O–H groups in total. The van der Waals surface area contributed by atoms with Gasteiger partial charge in [0.05, 0.1) is 0 Å². The maximum atomic E-state index is 11.5. The number of hydrogen-bond donors (Lipinski definition) is 0. The van der Waals surface area contributed by atoms with E-state index in [1.165, 1.54) is 11.1 Å². The SMILES string of the molecule is CC(=O)C1CC(N(Cc2ccccc2)Cc2ccccc2)C1. The van der Waals surface area contributed by atoms with Gasteiger partial charge in [0.15, 0.2) is 0 Å². The lowest BCUT2D eigenvalue weighted by molar-refractivity contribution is -0.125. The van der Waals surface area contributed by atoms with Crippen molar-refractivity contribution in [2.45, 2.75) is 38.9 Å². The Labute approximate surface area is 132 Å². The minimum atomic E-state index is 0.277. The summed E-state index contributed by atoms with van der Waals surface area (Å²) in [5, 5.41) is 0. The smallest absolute Gasteiger partial charge is 0.133 e. The highest BCUT2D eigenvalue weighted by Crippen LogP contribution is 2.34. The van der Waals surface area contributed by atoms with Gasteiger partial charge >= 0.3 is 0 Å². The number of ketones is 1. The van der Waals surface area contributed by atoms with Crippen LogP contribution in [0, 0.1) is 5.92 Å². The minimum absolute atomic E-state index is 0.277. The summed E-state index contributed by atoms with van der Waals surface area (Å²) in [6, 6.07) is 21.7. The summed E-state index contributed by atoms with van der Waals surface area (Å²) in [6.07, 6.45) is 2.02. The van der Waals surface area contributed by atoms with E-state index in [2.05, 4.69) is 65.6 Å². The predicted octanol–water partition coefficient (Wildman–Crippen LogP) is 4.06. The second kappa shape index (κ2) is 6.89. The summed E-state index contributed by atoms with van der Waals surface area (Å²) < 4.78 is 0. The molecule has 1 aliphatic rings. The Balaban J connectivity index is 1.70. The molecular weight excluding hydrogens is 270 g/mol. The van der Waals surface area contributed by atoms with Crippen LogP contribution in [0.3, 0.4) is 0 Å². The van der Waals surface area contributed by atoms with Crippen LogP contribution in [-0.4, -0.2) is 16.7 Å². The summed E-state index contributed by atoms with van der Waals surface area (Å²) in [5.74, 6) is 0.620. The van der Waals surface area contributed by atoms with Gasteiger partial charge in [-0.15, -0.1) is 0 Å². The second-order valence-electron chi connectivity index (χ2n) is 6.31. The minimum Gasteiger partial charge on any atom is -0.300 e. The van der Waals surface area contributed by atoms with Crippen molar-refractivity contribution in [1.82, 2.24) is 4.90 Å². The first-order valence-corrected chi connectivity index (χ1v) is 8.04. The first-order valence-electron chi connectivity index (χ1n) is 8.04. The average molecular weight is 293 g/mol. The van der Waals surface area contributed by atoms with E-state index in [1.807, 2.05) is 0 Å². The van der Waals surface area contributed by atoms with Crippen molar-refractivity contribution in [3.63, 3.8) is 0 Å². The zero-order valence-corrected chi connectivity index (χ0v) is 13.1. The molecule has 0 aliphatic heterocycles. The summed E-state index contributed by atoms with van der Waals surface area (Å²) in [7, 11) is 0. The molecule has 0 atom stereocenters. The van der Waals surface area contributed by atoms with Crippen LogP contribution in [0.2, 0.25) is 0 Å². The third-order valence-corrected chi connectivity index (χ3v) is 4.66. The molecule has 0 spiro atoms. The van der Waals surface area contributed by atoms with Gasteiger partial charge in [-0.2, -0.15) is 0 Å². The molecule has 3 rings (SSSR count). The molecule has 114 valence electrons. The maximum Gasteiger partial charge on any atom is 0.133 e. The summed E-state index contributed by atoms with van der Waals surface area (Å²) >= 11 is 0. The van der Waals surface area contributed by atoms with Crippen molar-refractivity contribution in [3.8, 4) is 0 Å². The Hall–Kier alpha value is -1.93. The third-order valence-electron chi connectivity index (χ3n) is 4.66. The molecule has 0 amide bonds. The highest BCUT2D eigenvalue weighted by atomic mass is 16.1. The zero-order valence-electron chi connectivity index (χ0n) is 13.1. The summed E-state index contributed by atoms with van der Waals surface area (Å²) in [4.78, 5) is 14.0. The number of Topliss-reactive ketones (excluding diaryl/α,β-unsaturated/α-hetero) is 1. The number of carbonyl (C=O) groups is 1. The van der Waals surface area contributed by atoms with Crippen LogP contribution >= 0.6 is 0 Å². The van der Waals surface area contributed by atoms with E-state index in [0.29, 0.717) is 11.8 Å². The molecule has 0 aromatic heterocycles. The van der Waals surface area contributed by atoms with Crippen molar-refractivity contribution < 1.29 is 4.79 Å². The van der Waals surface area contributed by atoms with Gasteiger partial charge in [-0.05, 0) is 30.9 Å². The fourth-order valence-corrected chi connectivity index (χ4v) is 3.17. The van der Waals surface area contributed by atoms with Crippen molar-refractivity contribution in [2.24, 2.45) is 5.92 Å². The molecule has 0 unspecified atom stereocenters. The normalized spacial score (nSPS) is 20.6. The third kappa shape index (κ3) is 3.63. The largest absolute Gasteiger partial charge is 0.300 e. The number of benzene rings is 2. The Morgan fingerprint density at radius 3 is 1.77 bits per heavy atom. The van der Waals surface area contributed by atoms with Gasteiger partial charge in [0.1, 0.15) is 5.78 Å². The van der Waals surface area contributed by atoms with Crippen LogP contribution in [0.4, 0.5) is 0 Å². The lowest BCUT2D eigenvalue weighted by atomic mass is 9.77. The molecule has 2 aromatic carbocycles. The van der Waals surface area contributed by atoms with E-state index < -0.39 is 0 Å². The fourth-order valence-electron chi connectivity index (χ4n) is 3.17.